The zero-order chi connectivity index (χ0) is 10.5. The summed E-state index contributed by atoms with van der Waals surface area (Å²) < 4.78 is 35.3. The molecule has 0 aromatic rings. The summed E-state index contributed by atoms with van der Waals surface area (Å²) in [6.07, 6.45) is -4.88. The fourth-order valence-electron chi connectivity index (χ4n) is 0.821. The molecule has 5 heteroatoms. The quantitative estimate of drug-likeness (QED) is 0.504. The van der Waals surface area contributed by atoms with E-state index in [-0.39, 0.29) is 12.4 Å². The lowest BCUT2D eigenvalue weighted by atomic mass is 10.3. The predicted molar refractivity (Wildman–Crippen MR) is 48.0 cm³/mol. The van der Waals surface area contributed by atoms with Crippen LogP contribution in [-0.4, -0.2) is 37.1 Å². The Morgan fingerprint density at radius 1 is 1.46 bits per heavy atom. The van der Waals surface area contributed by atoms with Crippen LogP contribution in [0.15, 0.2) is 12.2 Å². The first-order chi connectivity index (χ1) is 5.85. The van der Waals surface area contributed by atoms with E-state index in [1.807, 2.05) is 0 Å². The van der Waals surface area contributed by atoms with Gasteiger partial charge in [-0.25, -0.2) is 0 Å². The SMILES string of the molecule is C=C(CCl)CN(C)CCC(F)(F)F. The molecule has 0 bridgehead atoms. The average Bonchev–Trinajstić information content (AvgIpc) is 1.99. The summed E-state index contributed by atoms with van der Waals surface area (Å²) in [5.41, 5.74) is 0.728. The van der Waals surface area contributed by atoms with Crippen LogP contribution in [0.2, 0.25) is 0 Å². The van der Waals surface area contributed by atoms with Crippen molar-refractivity contribution in [3.8, 4) is 0 Å². The van der Waals surface area contributed by atoms with Crippen molar-refractivity contribution >= 4 is 11.6 Å². The van der Waals surface area contributed by atoms with Crippen molar-refractivity contribution in [1.82, 2.24) is 4.90 Å². The minimum absolute atomic E-state index is 0.0145. The lowest BCUT2D eigenvalue weighted by Crippen LogP contribution is -2.26. The number of hydrogen-bond acceptors (Lipinski definition) is 1. The minimum Gasteiger partial charge on any atom is -0.302 e. The topological polar surface area (TPSA) is 3.24 Å². The number of likely N-dealkylation sites (N-methyl/N-ethyl adjacent to an activating group) is 1. The van der Waals surface area contributed by atoms with Gasteiger partial charge < -0.3 is 4.90 Å². The second-order valence-corrected chi connectivity index (χ2v) is 3.25. The largest absolute Gasteiger partial charge is 0.390 e. The summed E-state index contributed by atoms with van der Waals surface area (Å²) in [6.45, 7) is 4.00. The van der Waals surface area contributed by atoms with Crippen molar-refractivity contribution in [2.75, 3.05) is 26.0 Å². The molecule has 0 aliphatic rings. The first-order valence-corrected chi connectivity index (χ1v) is 4.36. The highest BCUT2D eigenvalue weighted by atomic mass is 35.5. The number of nitrogens with zero attached hydrogens (tertiary/aromatic N) is 1. The third-order valence-corrected chi connectivity index (χ3v) is 1.84. The van der Waals surface area contributed by atoms with Crippen LogP contribution in [0.25, 0.3) is 0 Å². The van der Waals surface area contributed by atoms with E-state index in [1.165, 1.54) is 0 Å². The Balaban J connectivity index is 3.63. The van der Waals surface area contributed by atoms with Crippen LogP contribution in [0.1, 0.15) is 6.42 Å². The third-order valence-electron chi connectivity index (χ3n) is 1.46. The molecule has 0 saturated carbocycles. The van der Waals surface area contributed by atoms with E-state index in [0.717, 1.165) is 5.57 Å². The molecule has 0 heterocycles. The van der Waals surface area contributed by atoms with E-state index in [2.05, 4.69) is 6.58 Å². The molecule has 0 N–H and O–H groups in total. The molecule has 0 aromatic carbocycles. The van der Waals surface area contributed by atoms with E-state index in [4.69, 9.17) is 11.6 Å². The fourth-order valence-corrected chi connectivity index (χ4v) is 0.905. The zero-order valence-corrected chi connectivity index (χ0v) is 8.25. The highest BCUT2D eigenvalue weighted by molar-refractivity contribution is 6.19. The van der Waals surface area contributed by atoms with E-state index < -0.39 is 12.6 Å². The van der Waals surface area contributed by atoms with Gasteiger partial charge in [-0.1, -0.05) is 6.58 Å². The Morgan fingerprint density at radius 3 is 2.38 bits per heavy atom. The zero-order valence-electron chi connectivity index (χ0n) is 7.49. The molecule has 0 rings (SSSR count). The maximum Gasteiger partial charge on any atom is 0.390 e. The first-order valence-electron chi connectivity index (χ1n) is 3.83. The third kappa shape index (κ3) is 8.12. The monoisotopic (exact) mass is 215 g/mol. The standard InChI is InChI=1S/C8H13ClF3N/c1-7(5-9)6-13(2)4-3-8(10,11)12/h1,3-6H2,2H3. The second kappa shape index (κ2) is 5.50. The summed E-state index contributed by atoms with van der Waals surface area (Å²) in [4.78, 5) is 1.55. The second-order valence-electron chi connectivity index (χ2n) is 2.99. The molecule has 0 aliphatic carbocycles. The highest BCUT2D eigenvalue weighted by Gasteiger charge is 2.26. The van der Waals surface area contributed by atoms with Crippen LogP contribution in [-0.2, 0) is 0 Å². The molecule has 0 spiro atoms. The van der Waals surface area contributed by atoms with Crippen molar-refractivity contribution in [2.45, 2.75) is 12.6 Å². The number of halogens is 4. The van der Waals surface area contributed by atoms with Crippen LogP contribution < -0.4 is 0 Å². The number of alkyl halides is 4. The van der Waals surface area contributed by atoms with Gasteiger partial charge in [-0.3, -0.25) is 0 Å². The Hall–Kier alpha value is -0.220. The van der Waals surface area contributed by atoms with Crippen molar-refractivity contribution in [2.24, 2.45) is 0 Å². The fraction of sp³-hybridized carbons (Fsp3) is 0.750. The molecule has 0 radical (unpaired) electrons. The van der Waals surface area contributed by atoms with Crippen LogP contribution >= 0.6 is 11.6 Å². The molecule has 0 fully saturated rings. The minimum atomic E-state index is -4.09. The molecular formula is C8H13ClF3N. The van der Waals surface area contributed by atoms with Gasteiger partial charge >= 0.3 is 6.18 Å². The lowest BCUT2D eigenvalue weighted by molar-refractivity contribution is -0.137. The molecule has 0 aromatic heterocycles. The van der Waals surface area contributed by atoms with Gasteiger partial charge in [0.25, 0.3) is 0 Å². The highest BCUT2D eigenvalue weighted by Crippen LogP contribution is 2.19. The van der Waals surface area contributed by atoms with Crippen LogP contribution in [0.5, 0.6) is 0 Å². The van der Waals surface area contributed by atoms with Gasteiger partial charge in [0.05, 0.1) is 6.42 Å². The van der Waals surface area contributed by atoms with Gasteiger partial charge in [0.1, 0.15) is 0 Å². The number of rotatable bonds is 5. The Bertz CT molecular complexity index is 167. The molecular weight excluding hydrogens is 203 g/mol. The van der Waals surface area contributed by atoms with E-state index in [1.54, 1.807) is 11.9 Å². The molecule has 1 nitrogen and oxygen atoms in total. The van der Waals surface area contributed by atoms with Crippen molar-refractivity contribution in [3.63, 3.8) is 0 Å². The normalized spacial score (nSPS) is 12.2. The molecule has 0 aliphatic heterocycles. The van der Waals surface area contributed by atoms with Gasteiger partial charge in [0, 0.05) is 19.0 Å². The van der Waals surface area contributed by atoms with E-state index in [0.29, 0.717) is 6.54 Å². The summed E-state index contributed by atoms with van der Waals surface area (Å²) in [5.74, 6) is 0.288. The van der Waals surface area contributed by atoms with Gasteiger partial charge in [-0.2, -0.15) is 13.2 Å². The Morgan fingerprint density at radius 2 is 2.00 bits per heavy atom. The molecule has 78 valence electrons. The van der Waals surface area contributed by atoms with E-state index >= 15 is 0 Å². The Labute approximate surface area is 81.2 Å². The molecule has 0 unspecified atom stereocenters. The van der Waals surface area contributed by atoms with Crippen molar-refractivity contribution in [1.29, 1.82) is 0 Å². The van der Waals surface area contributed by atoms with Crippen LogP contribution in [0, 0.1) is 0 Å². The molecule has 0 atom stereocenters. The summed E-state index contributed by atoms with van der Waals surface area (Å²) in [5, 5.41) is 0. The molecule has 0 amide bonds. The molecule has 0 saturated heterocycles. The van der Waals surface area contributed by atoms with Gasteiger partial charge in [0.2, 0.25) is 0 Å². The maximum atomic E-state index is 11.8. The summed E-state index contributed by atoms with van der Waals surface area (Å²) in [6, 6.07) is 0. The predicted octanol–water partition coefficient (Wildman–Crippen LogP) is 2.67. The van der Waals surface area contributed by atoms with Gasteiger partial charge in [0.15, 0.2) is 0 Å². The van der Waals surface area contributed by atoms with E-state index in [9.17, 15) is 13.2 Å². The van der Waals surface area contributed by atoms with Crippen molar-refractivity contribution < 1.29 is 13.2 Å². The molecule has 13 heavy (non-hydrogen) atoms. The van der Waals surface area contributed by atoms with Gasteiger partial charge in [-0.15, -0.1) is 11.6 Å². The number of hydrogen-bond donors (Lipinski definition) is 0. The van der Waals surface area contributed by atoms with Crippen LogP contribution in [0.4, 0.5) is 13.2 Å². The van der Waals surface area contributed by atoms with Gasteiger partial charge in [-0.05, 0) is 12.6 Å². The average molecular weight is 216 g/mol. The summed E-state index contributed by atoms with van der Waals surface area (Å²) >= 11 is 5.44. The Kier molecular flexibility index (Phi) is 5.40. The lowest BCUT2D eigenvalue weighted by Gasteiger charge is -2.17. The van der Waals surface area contributed by atoms with Crippen LogP contribution in [0.3, 0.4) is 0 Å². The first kappa shape index (κ1) is 12.8. The van der Waals surface area contributed by atoms with Crippen molar-refractivity contribution in [3.05, 3.63) is 12.2 Å². The maximum absolute atomic E-state index is 11.8. The summed E-state index contributed by atoms with van der Waals surface area (Å²) in [7, 11) is 1.61. The smallest absolute Gasteiger partial charge is 0.302 e.